The molecule has 0 aromatic heterocycles. The minimum absolute atomic E-state index is 0. The van der Waals surface area contributed by atoms with Gasteiger partial charge in [0.15, 0.2) is 6.16 Å². The fraction of sp³-hybridized carbons (Fsp3) is 0.0714. The summed E-state index contributed by atoms with van der Waals surface area (Å²) in [7, 11) is -2.33. The third-order valence-electron chi connectivity index (χ3n) is 5.54. The highest BCUT2D eigenvalue weighted by Gasteiger charge is 2.47. The van der Waals surface area contributed by atoms with Crippen LogP contribution in [0.3, 0.4) is 0 Å². The minimum Gasteiger partial charge on any atom is -1.00 e. The van der Waals surface area contributed by atoms with Crippen molar-refractivity contribution in [3.05, 3.63) is 126 Å². The Hall–Kier alpha value is -3.26. The molecule has 0 saturated carbocycles. The first kappa shape index (κ1) is 24.4. The molecule has 0 unspecified atom stereocenters. The van der Waals surface area contributed by atoms with Crippen molar-refractivity contribution in [1.82, 2.24) is 5.32 Å². The predicted molar refractivity (Wildman–Crippen MR) is 134 cm³/mol. The molecule has 0 bridgehead atoms. The molecular formula is C28H25ClNO2P. The van der Waals surface area contributed by atoms with E-state index in [4.69, 9.17) is 0 Å². The second kappa shape index (κ2) is 11.0. The maximum Gasteiger partial charge on any atom is 0.265 e. The summed E-state index contributed by atoms with van der Waals surface area (Å²) in [6, 6.07) is 37.7. The lowest BCUT2D eigenvalue weighted by Gasteiger charge is -2.27. The van der Waals surface area contributed by atoms with E-state index in [-0.39, 0.29) is 30.4 Å². The number of rotatable bonds is 6. The Bertz CT molecular complexity index is 1100. The van der Waals surface area contributed by atoms with Gasteiger partial charge in [0.2, 0.25) is 0 Å². The lowest BCUT2D eigenvalue weighted by atomic mass is 10.1. The van der Waals surface area contributed by atoms with Gasteiger partial charge in [-0.3, -0.25) is 14.9 Å². The van der Waals surface area contributed by atoms with Gasteiger partial charge in [0.1, 0.15) is 23.2 Å². The number of hydrogen-bond donors (Lipinski definition) is 1. The Labute approximate surface area is 201 Å². The highest BCUT2D eigenvalue weighted by Crippen LogP contribution is 2.54. The molecule has 0 aliphatic carbocycles. The van der Waals surface area contributed by atoms with Crippen LogP contribution in [0.4, 0.5) is 0 Å². The number of carbonyl (C=O) groups excluding carboxylic acids is 2. The molecule has 1 N–H and O–H groups in total. The van der Waals surface area contributed by atoms with Gasteiger partial charge < -0.3 is 12.4 Å². The van der Waals surface area contributed by atoms with Crippen molar-refractivity contribution in [2.75, 3.05) is 6.16 Å². The van der Waals surface area contributed by atoms with E-state index in [9.17, 15) is 9.59 Å². The highest BCUT2D eigenvalue weighted by molar-refractivity contribution is 7.96. The largest absolute Gasteiger partial charge is 1.00 e. The van der Waals surface area contributed by atoms with Crippen molar-refractivity contribution in [2.45, 2.75) is 6.92 Å². The fourth-order valence-corrected chi connectivity index (χ4v) is 7.92. The van der Waals surface area contributed by atoms with Crippen LogP contribution < -0.4 is 33.6 Å². The Morgan fingerprint density at radius 1 is 0.636 bits per heavy atom. The summed E-state index contributed by atoms with van der Waals surface area (Å²) in [6.07, 6.45) is 0.211. The molecule has 0 spiro atoms. The Morgan fingerprint density at radius 3 is 1.42 bits per heavy atom. The van der Waals surface area contributed by atoms with E-state index in [0.29, 0.717) is 5.56 Å². The third-order valence-corrected chi connectivity index (χ3v) is 9.84. The van der Waals surface area contributed by atoms with Gasteiger partial charge in [0.25, 0.3) is 11.8 Å². The average Bonchev–Trinajstić information content (AvgIpc) is 2.84. The van der Waals surface area contributed by atoms with Crippen molar-refractivity contribution < 1.29 is 22.0 Å². The van der Waals surface area contributed by atoms with Gasteiger partial charge in [-0.15, -0.1) is 0 Å². The number of carbonyl (C=O) groups is 2. The highest BCUT2D eigenvalue weighted by atomic mass is 35.5. The maximum atomic E-state index is 13.3. The Kier molecular flexibility index (Phi) is 8.16. The van der Waals surface area contributed by atoms with Crippen molar-refractivity contribution in [3.63, 3.8) is 0 Å². The molecule has 4 aromatic rings. The summed E-state index contributed by atoms with van der Waals surface area (Å²) >= 11 is 0. The zero-order valence-electron chi connectivity index (χ0n) is 18.3. The number of halogens is 1. The summed E-state index contributed by atoms with van der Waals surface area (Å²) in [5, 5.41) is 5.95. The van der Waals surface area contributed by atoms with Gasteiger partial charge in [0, 0.05) is 5.56 Å². The molecule has 2 amide bonds. The molecule has 5 heteroatoms. The van der Waals surface area contributed by atoms with Crippen LogP contribution in [0.5, 0.6) is 0 Å². The number of imide groups is 1. The van der Waals surface area contributed by atoms with E-state index < -0.39 is 7.26 Å². The van der Waals surface area contributed by atoms with Crippen molar-refractivity contribution in [3.8, 4) is 0 Å². The number of nitrogens with one attached hydrogen (secondary N) is 1. The van der Waals surface area contributed by atoms with Gasteiger partial charge in [0.05, 0.1) is 0 Å². The van der Waals surface area contributed by atoms with E-state index in [1.807, 2.05) is 73.7 Å². The molecule has 0 atom stereocenters. The van der Waals surface area contributed by atoms with E-state index in [1.165, 1.54) is 0 Å². The monoisotopic (exact) mass is 473 g/mol. The summed E-state index contributed by atoms with van der Waals surface area (Å²) in [6.45, 7) is 1.96. The van der Waals surface area contributed by atoms with Crippen LogP contribution >= 0.6 is 7.26 Å². The third kappa shape index (κ3) is 5.39. The number of hydrogen-bond acceptors (Lipinski definition) is 2. The van der Waals surface area contributed by atoms with Gasteiger partial charge in [-0.25, -0.2) is 0 Å². The van der Waals surface area contributed by atoms with Crippen LogP contribution in [-0.4, -0.2) is 18.0 Å². The Balaban J connectivity index is 0.00000306. The number of benzene rings is 4. The molecule has 0 heterocycles. The molecular weight excluding hydrogens is 449 g/mol. The zero-order chi connectivity index (χ0) is 22.4. The molecule has 0 saturated heterocycles. The molecule has 166 valence electrons. The standard InChI is InChI=1S/C28H24NO2P.ClH/c1-22-17-19-23(20-18-22)28(31)29-27(30)21-32(24-11-5-2-6-12-24,25-13-7-3-8-14-25)26-15-9-4-10-16-26;/h2-20H,21H2,1H3;1H. The molecule has 4 aromatic carbocycles. The summed E-state index contributed by atoms with van der Waals surface area (Å²) in [5.41, 5.74) is 1.54. The van der Waals surface area contributed by atoms with Crippen LogP contribution in [-0.2, 0) is 4.79 Å². The molecule has 33 heavy (non-hydrogen) atoms. The first-order chi connectivity index (χ1) is 15.6. The van der Waals surface area contributed by atoms with Crippen LogP contribution in [0, 0.1) is 6.92 Å². The topological polar surface area (TPSA) is 46.2 Å². The minimum atomic E-state index is -2.33. The van der Waals surface area contributed by atoms with Gasteiger partial charge in [-0.05, 0) is 55.5 Å². The van der Waals surface area contributed by atoms with Crippen LogP contribution in [0.1, 0.15) is 15.9 Å². The smallest absolute Gasteiger partial charge is 0.265 e. The predicted octanol–water partition coefficient (Wildman–Crippen LogP) is 1.25. The lowest BCUT2D eigenvalue weighted by Crippen LogP contribution is -3.00. The van der Waals surface area contributed by atoms with Crippen molar-refractivity contribution >= 4 is 35.0 Å². The fourth-order valence-electron chi connectivity index (χ4n) is 3.93. The van der Waals surface area contributed by atoms with Crippen LogP contribution in [0.25, 0.3) is 0 Å². The van der Waals surface area contributed by atoms with Gasteiger partial charge in [-0.2, -0.15) is 0 Å². The van der Waals surface area contributed by atoms with Crippen molar-refractivity contribution in [2.24, 2.45) is 0 Å². The SMILES string of the molecule is Cc1ccc(C(=O)NC(=O)C[P+](c2ccccc2)(c2ccccc2)c2ccccc2)cc1.[Cl-]. The van der Waals surface area contributed by atoms with E-state index in [0.717, 1.165) is 21.5 Å². The summed E-state index contributed by atoms with van der Waals surface area (Å²) in [4.78, 5) is 26.1. The molecule has 0 fully saturated rings. The average molecular weight is 474 g/mol. The van der Waals surface area contributed by atoms with Gasteiger partial charge in [-0.1, -0.05) is 72.3 Å². The van der Waals surface area contributed by atoms with Crippen molar-refractivity contribution in [1.29, 1.82) is 0 Å². The maximum absolute atomic E-state index is 13.3. The van der Waals surface area contributed by atoms with E-state index in [2.05, 4.69) is 41.7 Å². The Morgan fingerprint density at radius 2 is 1.03 bits per heavy atom. The second-order valence-electron chi connectivity index (χ2n) is 7.72. The molecule has 0 radical (unpaired) electrons. The first-order valence-electron chi connectivity index (χ1n) is 10.6. The molecule has 0 aliphatic rings. The van der Waals surface area contributed by atoms with Gasteiger partial charge >= 0.3 is 0 Å². The van der Waals surface area contributed by atoms with E-state index in [1.54, 1.807) is 12.1 Å². The van der Waals surface area contributed by atoms with Crippen LogP contribution in [0.15, 0.2) is 115 Å². The van der Waals surface area contributed by atoms with E-state index >= 15 is 0 Å². The lowest BCUT2D eigenvalue weighted by molar-refractivity contribution is -0.117. The quantitative estimate of drug-likeness (QED) is 0.428. The number of aryl methyl sites for hydroxylation is 1. The first-order valence-corrected chi connectivity index (χ1v) is 12.5. The summed E-state index contributed by atoms with van der Waals surface area (Å²) < 4.78 is 0. The summed E-state index contributed by atoms with van der Waals surface area (Å²) in [5.74, 6) is -0.650. The van der Waals surface area contributed by atoms with Crippen LogP contribution in [0.2, 0.25) is 0 Å². The molecule has 3 nitrogen and oxygen atoms in total. The second-order valence-corrected chi connectivity index (χ2v) is 11.2. The normalized spacial score (nSPS) is 10.7. The molecule has 4 rings (SSSR count). The zero-order valence-corrected chi connectivity index (χ0v) is 20.0. The number of amides is 2. The molecule has 0 aliphatic heterocycles.